The zero-order chi connectivity index (χ0) is 20.5. The van der Waals surface area contributed by atoms with E-state index in [1.165, 1.54) is 0 Å². The molecule has 1 aromatic heterocycles. The third-order valence-electron chi connectivity index (χ3n) is 3.89. The van der Waals surface area contributed by atoms with Crippen molar-refractivity contribution < 1.29 is 9.59 Å². The molecule has 2 rings (SSSR count). The van der Waals surface area contributed by atoms with E-state index in [0.717, 1.165) is 16.3 Å². The highest BCUT2D eigenvalue weighted by Crippen LogP contribution is 2.17. The van der Waals surface area contributed by atoms with Gasteiger partial charge in [-0.1, -0.05) is 26.0 Å². The number of nitrogens with zero attached hydrogens (tertiary/aromatic N) is 2. The fourth-order valence-corrected chi connectivity index (χ4v) is 3.18. The number of thiazole rings is 1. The van der Waals surface area contributed by atoms with Crippen LogP contribution in [0.1, 0.15) is 46.4 Å². The molecule has 0 aliphatic rings. The van der Waals surface area contributed by atoms with E-state index in [-0.39, 0.29) is 12.5 Å². The minimum Gasteiger partial charge on any atom is -0.368 e. The molecule has 0 radical (unpaired) electrons. The molecule has 150 valence electrons. The Hall–Kier alpha value is -2.94. The van der Waals surface area contributed by atoms with Gasteiger partial charge in [0, 0.05) is 24.5 Å². The number of benzene rings is 1. The maximum Gasteiger partial charge on any atom is 0.251 e. The van der Waals surface area contributed by atoms with Gasteiger partial charge < -0.3 is 21.7 Å². The molecule has 2 amide bonds. The lowest BCUT2D eigenvalue weighted by atomic mass is 10.1. The Labute approximate surface area is 168 Å². The van der Waals surface area contributed by atoms with E-state index >= 15 is 0 Å². The number of aliphatic imine (C=N–C) groups is 1. The second kappa shape index (κ2) is 10.4. The van der Waals surface area contributed by atoms with Gasteiger partial charge in [0.15, 0.2) is 5.96 Å². The van der Waals surface area contributed by atoms with Gasteiger partial charge in [-0.3, -0.25) is 14.6 Å². The van der Waals surface area contributed by atoms with E-state index in [1.54, 1.807) is 30.5 Å². The molecule has 0 spiro atoms. The third-order valence-corrected chi connectivity index (χ3v) is 4.76. The standard InChI is InChI=1S/C19H26N6O2S/c1-12(2)15-11-28-17(25-15)10-24-19(21-3)23-8-13-4-6-14(7-5-13)18(27)22-9-16(20)26/h4-7,11-12H,8-10H2,1-3H3,(H2,20,26)(H,22,27)(H2,21,23,24). The van der Waals surface area contributed by atoms with Gasteiger partial charge in [-0.05, 0) is 23.6 Å². The Bertz CT molecular complexity index is 829. The molecule has 0 fully saturated rings. The number of guanidine groups is 1. The van der Waals surface area contributed by atoms with Crippen molar-refractivity contribution in [2.75, 3.05) is 13.6 Å². The van der Waals surface area contributed by atoms with E-state index in [1.807, 2.05) is 12.1 Å². The fourth-order valence-electron chi connectivity index (χ4n) is 2.28. The van der Waals surface area contributed by atoms with Crippen molar-refractivity contribution in [3.05, 3.63) is 51.5 Å². The van der Waals surface area contributed by atoms with Crippen molar-refractivity contribution >= 4 is 29.1 Å². The van der Waals surface area contributed by atoms with Crippen LogP contribution < -0.4 is 21.7 Å². The van der Waals surface area contributed by atoms with Gasteiger partial charge in [-0.25, -0.2) is 4.98 Å². The molecule has 0 aliphatic carbocycles. The number of aromatic nitrogens is 1. The van der Waals surface area contributed by atoms with Crippen molar-refractivity contribution in [2.45, 2.75) is 32.9 Å². The molecule has 0 aliphatic heterocycles. The van der Waals surface area contributed by atoms with Gasteiger partial charge in [0.05, 0.1) is 18.8 Å². The monoisotopic (exact) mass is 402 g/mol. The summed E-state index contributed by atoms with van der Waals surface area (Å²) >= 11 is 1.63. The Balaban J connectivity index is 1.82. The number of rotatable bonds is 8. The van der Waals surface area contributed by atoms with Crippen LogP contribution in [-0.4, -0.2) is 36.4 Å². The highest BCUT2D eigenvalue weighted by molar-refractivity contribution is 7.09. The van der Waals surface area contributed by atoms with Crippen molar-refractivity contribution in [1.29, 1.82) is 0 Å². The lowest BCUT2D eigenvalue weighted by Crippen LogP contribution is -2.36. The summed E-state index contributed by atoms with van der Waals surface area (Å²) in [4.78, 5) is 31.4. The third kappa shape index (κ3) is 6.66. The zero-order valence-electron chi connectivity index (χ0n) is 16.3. The highest BCUT2D eigenvalue weighted by Gasteiger charge is 2.08. The van der Waals surface area contributed by atoms with Crippen LogP contribution in [0.5, 0.6) is 0 Å². The minimum absolute atomic E-state index is 0.179. The molecule has 28 heavy (non-hydrogen) atoms. The lowest BCUT2D eigenvalue weighted by Gasteiger charge is -2.11. The van der Waals surface area contributed by atoms with Crippen LogP contribution >= 0.6 is 11.3 Å². The first-order valence-corrected chi connectivity index (χ1v) is 9.81. The van der Waals surface area contributed by atoms with Crippen molar-refractivity contribution in [3.8, 4) is 0 Å². The second-order valence-corrected chi connectivity index (χ2v) is 7.39. The smallest absolute Gasteiger partial charge is 0.251 e. The number of nitrogens with one attached hydrogen (secondary N) is 3. The van der Waals surface area contributed by atoms with Crippen LogP contribution in [0.15, 0.2) is 34.6 Å². The second-order valence-electron chi connectivity index (χ2n) is 6.45. The Kier molecular flexibility index (Phi) is 7.94. The van der Waals surface area contributed by atoms with Gasteiger partial charge >= 0.3 is 0 Å². The average molecular weight is 403 g/mol. The summed E-state index contributed by atoms with van der Waals surface area (Å²) in [6.07, 6.45) is 0. The van der Waals surface area contributed by atoms with Crippen molar-refractivity contribution in [1.82, 2.24) is 20.9 Å². The molecule has 0 unspecified atom stereocenters. The predicted molar refractivity (Wildman–Crippen MR) is 111 cm³/mol. The van der Waals surface area contributed by atoms with Gasteiger partial charge in [0.2, 0.25) is 5.91 Å². The fraction of sp³-hybridized carbons (Fsp3) is 0.368. The largest absolute Gasteiger partial charge is 0.368 e. The van der Waals surface area contributed by atoms with E-state index in [4.69, 9.17) is 5.73 Å². The summed E-state index contributed by atoms with van der Waals surface area (Å²) in [6, 6.07) is 7.09. The van der Waals surface area contributed by atoms with Crippen molar-refractivity contribution in [3.63, 3.8) is 0 Å². The number of primary amides is 1. The molecular formula is C19H26N6O2S. The van der Waals surface area contributed by atoms with Gasteiger partial charge in [0.1, 0.15) is 5.01 Å². The zero-order valence-corrected chi connectivity index (χ0v) is 17.1. The molecule has 2 aromatic rings. The summed E-state index contributed by atoms with van der Waals surface area (Å²) in [5.41, 5.74) is 7.58. The number of hydrogen-bond acceptors (Lipinski definition) is 5. The normalized spacial score (nSPS) is 11.4. The van der Waals surface area contributed by atoms with Gasteiger partial charge in [-0.2, -0.15) is 0 Å². The summed E-state index contributed by atoms with van der Waals surface area (Å²) < 4.78 is 0. The number of nitrogens with two attached hydrogens (primary N) is 1. The van der Waals surface area contributed by atoms with Gasteiger partial charge in [0.25, 0.3) is 5.91 Å². The molecule has 1 heterocycles. The molecule has 0 saturated heterocycles. The summed E-state index contributed by atoms with van der Waals surface area (Å²) in [7, 11) is 1.71. The predicted octanol–water partition coefficient (Wildman–Crippen LogP) is 1.35. The number of amides is 2. The quantitative estimate of drug-likeness (QED) is 0.392. The van der Waals surface area contributed by atoms with Crippen LogP contribution in [-0.2, 0) is 17.9 Å². The van der Waals surface area contributed by atoms with E-state index in [2.05, 4.69) is 45.2 Å². The Morgan fingerprint density at radius 3 is 2.39 bits per heavy atom. The molecule has 0 saturated carbocycles. The molecule has 1 aromatic carbocycles. The first kappa shape index (κ1) is 21.4. The van der Waals surface area contributed by atoms with Crippen LogP contribution in [0, 0.1) is 0 Å². The highest BCUT2D eigenvalue weighted by atomic mass is 32.1. The van der Waals surface area contributed by atoms with Crippen LogP contribution in [0.4, 0.5) is 0 Å². The molecule has 8 nitrogen and oxygen atoms in total. The molecule has 0 bridgehead atoms. The number of hydrogen-bond donors (Lipinski definition) is 4. The number of carbonyl (C=O) groups is 2. The maximum atomic E-state index is 11.9. The topological polar surface area (TPSA) is 122 Å². The lowest BCUT2D eigenvalue weighted by molar-refractivity contribution is -0.117. The van der Waals surface area contributed by atoms with Crippen LogP contribution in [0.3, 0.4) is 0 Å². The Morgan fingerprint density at radius 1 is 1.14 bits per heavy atom. The maximum absolute atomic E-state index is 11.9. The first-order chi connectivity index (χ1) is 13.4. The molecule has 5 N–H and O–H groups in total. The van der Waals surface area contributed by atoms with E-state index < -0.39 is 5.91 Å². The Morgan fingerprint density at radius 2 is 1.82 bits per heavy atom. The van der Waals surface area contributed by atoms with Crippen LogP contribution in [0.25, 0.3) is 0 Å². The summed E-state index contributed by atoms with van der Waals surface area (Å²) in [5.74, 6) is 0.180. The molecular weight excluding hydrogens is 376 g/mol. The van der Waals surface area contributed by atoms with Crippen molar-refractivity contribution in [2.24, 2.45) is 10.7 Å². The molecule has 9 heteroatoms. The van der Waals surface area contributed by atoms with E-state index in [0.29, 0.717) is 30.5 Å². The molecule has 0 atom stereocenters. The average Bonchev–Trinajstić information content (AvgIpc) is 3.16. The number of carbonyl (C=O) groups excluding carboxylic acids is 2. The summed E-state index contributed by atoms with van der Waals surface area (Å²) in [6.45, 7) is 5.23. The van der Waals surface area contributed by atoms with Crippen LogP contribution in [0.2, 0.25) is 0 Å². The SMILES string of the molecule is CN=C(NCc1ccc(C(=O)NCC(N)=O)cc1)NCc1nc(C(C)C)cs1. The summed E-state index contributed by atoms with van der Waals surface area (Å²) in [5, 5.41) is 12.0. The van der Waals surface area contributed by atoms with E-state index in [9.17, 15) is 9.59 Å². The first-order valence-electron chi connectivity index (χ1n) is 8.93. The van der Waals surface area contributed by atoms with Gasteiger partial charge in [-0.15, -0.1) is 11.3 Å². The minimum atomic E-state index is -0.578.